The van der Waals surface area contributed by atoms with Gasteiger partial charge in [-0.1, -0.05) is 43.3 Å². The van der Waals surface area contributed by atoms with Crippen molar-refractivity contribution in [3.63, 3.8) is 0 Å². The number of hydrogen-bond acceptors (Lipinski definition) is 3. The third-order valence-electron chi connectivity index (χ3n) is 5.54. The van der Waals surface area contributed by atoms with Gasteiger partial charge in [0.15, 0.2) is 0 Å². The lowest BCUT2D eigenvalue weighted by Crippen LogP contribution is -2.34. The monoisotopic (exact) mass is 396 g/mol. The van der Waals surface area contributed by atoms with Gasteiger partial charge in [0.2, 0.25) is 5.91 Å². The lowest BCUT2D eigenvalue weighted by molar-refractivity contribution is -0.119. The maximum absolute atomic E-state index is 12.3. The van der Waals surface area contributed by atoms with Crippen LogP contribution in [0.25, 0.3) is 0 Å². The molecule has 0 spiro atoms. The molecule has 2 aromatic rings. The zero-order valence-corrected chi connectivity index (χ0v) is 18.1. The fourth-order valence-electron chi connectivity index (χ4n) is 3.79. The van der Waals surface area contributed by atoms with E-state index in [4.69, 9.17) is 0 Å². The fraction of sp³-hybridized carbons (Fsp3) is 0.458. The van der Waals surface area contributed by atoms with Crippen molar-refractivity contribution in [2.75, 3.05) is 23.7 Å². The molecular formula is C24H32N2OS. The molecule has 1 amide bonds. The number of aryl methyl sites for hydroxylation is 1. The predicted molar refractivity (Wildman–Crippen MR) is 121 cm³/mol. The van der Waals surface area contributed by atoms with E-state index in [1.165, 1.54) is 29.7 Å². The Labute approximate surface area is 173 Å². The standard InChI is InChI=1S/C24H32N2OS/c1-18-7-6-14-26(15-18)23-12-10-21(11-13-23)20(3)25-24(27)17-28-16-22-9-5-4-8-19(22)2/h4-5,8-13,18,20H,6-7,14-17H2,1-3H3,(H,25,27)/t18-,20-/m1/s1. The van der Waals surface area contributed by atoms with Crippen LogP contribution < -0.4 is 10.2 Å². The van der Waals surface area contributed by atoms with Crippen LogP contribution in [0.1, 0.15) is 49.4 Å². The molecule has 0 unspecified atom stereocenters. The summed E-state index contributed by atoms with van der Waals surface area (Å²) >= 11 is 1.67. The van der Waals surface area contributed by atoms with E-state index in [1.54, 1.807) is 11.8 Å². The third kappa shape index (κ3) is 5.78. The van der Waals surface area contributed by atoms with E-state index in [-0.39, 0.29) is 11.9 Å². The van der Waals surface area contributed by atoms with Gasteiger partial charge >= 0.3 is 0 Å². The van der Waals surface area contributed by atoms with Crippen molar-refractivity contribution in [2.45, 2.75) is 45.4 Å². The lowest BCUT2D eigenvalue weighted by Gasteiger charge is -2.33. The molecule has 4 heteroatoms. The first-order valence-electron chi connectivity index (χ1n) is 10.3. The Morgan fingerprint density at radius 2 is 1.96 bits per heavy atom. The van der Waals surface area contributed by atoms with Crippen LogP contribution in [0.3, 0.4) is 0 Å². The average Bonchev–Trinajstić information content (AvgIpc) is 2.69. The topological polar surface area (TPSA) is 32.3 Å². The smallest absolute Gasteiger partial charge is 0.230 e. The summed E-state index contributed by atoms with van der Waals surface area (Å²) < 4.78 is 0. The largest absolute Gasteiger partial charge is 0.371 e. The number of anilines is 1. The van der Waals surface area contributed by atoms with Crippen LogP contribution in [0.4, 0.5) is 5.69 Å². The molecule has 2 atom stereocenters. The predicted octanol–water partition coefficient (Wildman–Crippen LogP) is 5.34. The van der Waals surface area contributed by atoms with Crippen LogP contribution in [0, 0.1) is 12.8 Å². The summed E-state index contributed by atoms with van der Waals surface area (Å²) in [6.45, 7) is 8.79. The highest BCUT2D eigenvalue weighted by molar-refractivity contribution is 7.99. The lowest BCUT2D eigenvalue weighted by atomic mass is 9.99. The highest BCUT2D eigenvalue weighted by Crippen LogP contribution is 2.24. The molecule has 2 aromatic carbocycles. The second kappa shape index (κ2) is 10.0. The molecule has 3 rings (SSSR count). The van der Waals surface area contributed by atoms with Gasteiger partial charge in [-0.05, 0) is 61.4 Å². The minimum Gasteiger partial charge on any atom is -0.371 e. The molecule has 1 heterocycles. The molecule has 1 saturated heterocycles. The number of carbonyl (C=O) groups is 1. The summed E-state index contributed by atoms with van der Waals surface area (Å²) in [6, 6.07) is 17.1. The summed E-state index contributed by atoms with van der Waals surface area (Å²) in [6.07, 6.45) is 2.61. The van der Waals surface area contributed by atoms with E-state index >= 15 is 0 Å². The first-order chi connectivity index (χ1) is 13.5. The van der Waals surface area contributed by atoms with Gasteiger partial charge in [0, 0.05) is 24.5 Å². The Hall–Kier alpha value is -1.94. The van der Waals surface area contributed by atoms with Crippen molar-refractivity contribution >= 4 is 23.4 Å². The average molecular weight is 397 g/mol. The van der Waals surface area contributed by atoms with Crippen molar-refractivity contribution in [3.05, 3.63) is 65.2 Å². The van der Waals surface area contributed by atoms with E-state index in [0.717, 1.165) is 30.3 Å². The van der Waals surface area contributed by atoms with Gasteiger partial charge < -0.3 is 10.2 Å². The molecule has 1 aliphatic rings. The maximum Gasteiger partial charge on any atom is 0.230 e. The van der Waals surface area contributed by atoms with Crippen molar-refractivity contribution in [1.82, 2.24) is 5.32 Å². The van der Waals surface area contributed by atoms with Crippen LogP contribution in [0.2, 0.25) is 0 Å². The zero-order valence-electron chi connectivity index (χ0n) is 17.3. The molecule has 150 valence electrons. The number of hydrogen-bond donors (Lipinski definition) is 1. The first-order valence-corrected chi connectivity index (χ1v) is 11.4. The minimum atomic E-state index is 0.0286. The number of amides is 1. The molecule has 0 bridgehead atoms. The van der Waals surface area contributed by atoms with Gasteiger partial charge in [-0.3, -0.25) is 4.79 Å². The van der Waals surface area contributed by atoms with Crippen LogP contribution in [-0.4, -0.2) is 24.7 Å². The highest BCUT2D eigenvalue weighted by atomic mass is 32.2. The Morgan fingerprint density at radius 1 is 1.21 bits per heavy atom. The molecule has 0 aromatic heterocycles. The van der Waals surface area contributed by atoms with Crippen LogP contribution in [0.5, 0.6) is 0 Å². The van der Waals surface area contributed by atoms with Gasteiger partial charge in [0.1, 0.15) is 0 Å². The van der Waals surface area contributed by atoms with Crippen molar-refractivity contribution in [1.29, 1.82) is 0 Å². The van der Waals surface area contributed by atoms with Crippen LogP contribution in [0.15, 0.2) is 48.5 Å². The SMILES string of the molecule is Cc1ccccc1CSCC(=O)N[C@H](C)c1ccc(N2CCC[C@@H](C)C2)cc1. The Bertz CT molecular complexity index is 774. The van der Waals surface area contributed by atoms with Crippen molar-refractivity contribution in [3.8, 4) is 0 Å². The first kappa shape index (κ1) is 20.8. The second-order valence-electron chi connectivity index (χ2n) is 7.99. The number of thioether (sulfide) groups is 1. The Kier molecular flexibility index (Phi) is 7.43. The number of carbonyl (C=O) groups excluding carboxylic acids is 1. The highest BCUT2D eigenvalue weighted by Gasteiger charge is 2.17. The molecule has 0 saturated carbocycles. The minimum absolute atomic E-state index is 0.0286. The molecule has 1 aliphatic heterocycles. The fourth-order valence-corrected chi connectivity index (χ4v) is 4.70. The van der Waals surface area contributed by atoms with E-state index in [0.29, 0.717) is 5.75 Å². The maximum atomic E-state index is 12.3. The van der Waals surface area contributed by atoms with Crippen LogP contribution >= 0.6 is 11.8 Å². The number of nitrogens with zero attached hydrogens (tertiary/aromatic N) is 1. The number of piperidine rings is 1. The van der Waals surface area contributed by atoms with E-state index in [1.807, 2.05) is 0 Å². The summed E-state index contributed by atoms with van der Waals surface area (Å²) in [5.41, 5.74) is 5.04. The van der Waals surface area contributed by atoms with Crippen LogP contribution in [-0.2, 0) is 10.5 Å². The zero-order chi connectivity index (χ0) is 19.9. The summed E-state index contributed by atoms with van der Waals surface area (Å²) in [5, 5.41) is 3.13. The second-order valence-corrected chi connectivity index (χ2v) is 8.98. The molecule has 3 nitrogen and oxygen atoms in total. The summed E-state index contributed by atoms with van der Waals surface area (Å²) in [5.74, 6) is 2.23. The van der Waals surface area contributed by atoms with Gasteiger partial charge in [0.05, 0.1) is 11.8 Å². The molecule has 28 heavy (non-hydrogen) atoms. The number of nitrogens with one attached hydrogen (secondary N) is 1. The van der Waals surface area contributed by atoms with Gasteiger partial charge in [-0.25, -0.2) is 0 Å². The van der Waals surface area contributed by atoms with E-state index in [9.17, 15) is 4.79 Å². The Morgan fingerprint density at radius 3 is 2.68 bits per heavy atom. The van der Waals surface area contributed by atoms with Gasteiger partial charge in [-0.2, -0.15) is 0 Å². The molecule has 1 N–H and O–H groups in total. The van der Waals surface area contributed by atoms with E-state index in [2.05, 4.69) is 79.5 Å². The van der Waals surface area contributed by atoms with Crippen molar-refractivity contribution in [2.24, 2.45) is 5.92 Å². The number of rotatable bonds is 7. The summed E-state index contributed by atoms with van der Waals surface area (Å²) in [4.78, 5) is 14.8. The normalized spacial score (nSPS) is 18.0. The van der Waals surface area contributed by atoms with Gasteiger partial charge in [-0.15, -0.1) is 11.8 Å². The van der Waals surface area contributed by atoms with Gasteiger partial charge in [0.25, 0.3) is 0 Å². The molecular weight excluding hydrogens is 364 g/mol. The molecule has 1 fully saturated rings. The quantitative estimate of drug-likeness (QED) is 0.685. The molecule has 0 radical (unpaired) electrons. The summed E-state index contributed by atoms with van der Waals surface area (Å²) in [7, 11) is 0. The molecule has 0 aliphatic carbocycles. The Balaban J connectivity index is 1.46. The van der Waals surface area contributed by atoms with E-state index < -0.39 is 0 Å². The van der Waals surface area contributed by atoms with Crippen molar-refractivity contribution < 1.29 is 4.79 Å². The number of benzene rings is 2. The third-order valence-corrected chi connectivity index (χ3v) is 6.53.